The zero-order valence-electron chi connectivity index (χ0n) is 17.9. The summed E-state index contributed by atoms with van der Waals surface area (Å²) in [5.41, 5.74) is 6.74. The van der Waals surface area contributed by atoms with Crippen LogP contribution >= 0.6 is 0 Å². The minimum absolute atomic E-state index is 0.0413. The molecule has 2 aliphatic rings. The lowest BCUT2D eigenvalue weighted by Gasteiger charge is -2.32. The lowest BCUT2D eigenvalue weighted by Crippen LogP contribution is -2.26. The number of nitrogens with zero attached hydrogens (tertiary/aromatic N) is 4. The Bertz CT molecular complexity index is 1160. The van der Waals surface area contributed by atoms with E-state index in [2.05, 4.69) is 29.6 Å². The minimum Gasteiger partial charge on any atom is -0.326 e. The molecule has 0 radical (unpaired) electrons. The highest BCUT2D eigenvalue weighted by Crippen LogP contribution is 2.42. The van der Waals surface area contributed by atoms with Gasteiger partial charge in [0.05, 0.1) is 11.9 Å². The standard InChI is InChI=1S/C25H26F2N4/c1-15(2)19-8-6-16-7-9-23(29-24(16)19)31-10-4-5-17-11-20(18-13-28-30(3)14-18)21(25(26)27)12-22(17)31/h7,9,11-14,19,25H,1,4-6,8,10H2,2-3H3. The summed E-state index contributed by atoms with van der Waals surface area (Å²) in [6.07, 6.45) is 4.74. The summed E-state index contributed by atoms with van der Waals surface area (Å²) < 4.78 is 29.8. The Labute approximate surface area is 181 Å². The van der Waals surface area contributed by atoms with Gasteiger partial charge < -0.3 is 4.90 Å². The van der Waals surface area contributed by atoms with Crippen LogP contribution in [0, 0.1) is 0 Å². The highest BCUT2D eigenvalue weighted by atomic mass is 19.3. The minimum atomic E-state index is -2.56. The highest BCUT2D eigenvalue weighted by molar-refractivity contribution is 5.76. The number of hydrogen-bond donors (Lipinski definition) is 0. The van der Waals surface area contributed by atoms with E-state index in [-0.39, 0.29) is 11.5 Å². The first kappa shape index (κ1) is 19.9. The van der Waals surface area contributed by atoms with Gasteiger partial charge in [0.1, 0.15) is 5.82 Å². The quantitative estimate of drug-likeness (QED) is 0.478. The average molecular weight is 421 g/mol. The average Bonchev–Trinajstić information content (AvgIpc) is 3.38. The van der Waals surface area contributed by atoms with Gasteiger partial charge in [-0.05, 0) is 67.5 Å². The van der Waals surface area contributed by atoms with Crippen LogP contribution in [0.4, 0.5) is 20.3 Å². The molecule has 0 N–H and O–H groups in total. The molecule has 0 amide bonds. The van der Waals surface area contributed by atoms with Crippen LogP contribution in [0.3, 0.4) is 0 Å². The molecule has 31 heavy (non-hydrogen) atoms. The molecule has 1 unspecified atom stereocenters. The zero-order valence-corrected chi connectivity index (χ0v) is 17.9. The van der Waals surface area contributed by atoms with E-state index in [0.717, 1.165) is 66.1 Å². The SMILES string of the molecule is C=C(C)C1CCc2ccc(N3CCCc4cc(-c5cnn(C)c5)c(C(F)F)cc43)nc21. The molecule has 0 spiro atoms. The third kappa shape index (κ3) is 3.44. The van der Waals surface area contributed by atoms with Crippen LogP contribution in [0.1, 0.15) is 54.5 Å². The van der Waals surface area contributed by atoms with Gasteiger partial charge in [-0.15, -0.1) is 0 Å². The summed E-state index contributed by atoms with van der Waals surface area (Å²) in [5, 5.41) is 4.17. The number of aryl methyl sites for hydroxylation is 3. The van der Waals surface area contributed by atoms with Gasteiger partial charge in [0.2, 0.25) is 0 Å². The van der Waals surface area contributed by atoms with Gasteiger partial charge in [-0.1, -0.05) is 18.2 Å². The Morgan fingerprint density at radius 1 is 1.19 bits per heavy atom. The predicted molar refractivity (Wildman–Crippen MR) is 119 cm³/mol. The molecule has 1 atom stereocenters. The fourth-order valence-corrected chi connectivity index (χ4v) is 4.95. The molecular weight excluding hydrogens is 394 g/mol. The van der Waals surface area contributed by atoms with E-state index in [1.807, 2.05) is 12.1 Å². The van der Waals surface area contributed by atoms with Crippen molar-refractivity contribution in [2.45, 2.75) is 45.0 Å². The number of pyridine rings is 1. The predicted octanol–water partition coefficient (Wildman–Crippen LogP) is 6.11. The van der Waals surface area contributed by atoms with Crippen molar-refractivity contribution in [3.63, 3.8) is 0 Å². The molecule has 0 saturated carbocycles. The Kier molecular flexibility index (Phi) is 4.88. The lowest BCUT2D eigenvalue weighted by atomic mass is 9.93. The maximum absolute atomic E-state index is 14.1. The van der Waals surface area contributed by atoms with E-state index >= 15 is 0 Å². The normalized spacial score (nSPS) is 17.7. The van der Waals surface area contributed by atoms with Gasteiger partial charge in [0.25, 0.3) is 6.43 Å². The molecule has 160 valence electrons. The molecule has 1 aliphatic carbocycles. The van der Waals surface area contributed by atoms with E-state index in [0.29, 0.717) is 5.56 Å². The first-order valence-corrected chi connectivity index (χ1v) is 10.8. The molecule has 0 bridgehead atoms. The molecule has 0 saturated heterocycles. The Morgan fingerprint density at radius 3 is 2.74 bits per heavy atom. The molecule has 5 rings (SSSR count). The Balaban J connectivity index is 1.60. The highest BCUT2D eigenvalue weighted by Gasteiger charge is 2.28. The number of benzene rings is 1. The second-order valence-corrected chi connectivity index (χ2v) is 8.68. The number of allylic oxidation sites excluding steroid dienone is 1. The Morgan fingerprint density at radius 2 is 2.03 bits per heavy atom. The van der Waals surface area contributed by atoms with Gasteiger partial charge in [0.15, 0.2) is 0 Å². The summed E-state index contributed by atoms with van der Waals surface area (Å²) >= 11 is 0. The number of fused-ring (bicyclic) bond motifs is 2. The third-order valence-electron chi connectivity index (χ3n) is 6.52. The monoisotopic (exact) mass is 420 g/mol. The maximum Gasteiger partial charge on any atom is 0.264 e. The smallest absolute Gasteiger partial charge is 0.264 e. The molecular formula is C25H26F2N4. The first-order chi connectivity index (χ1) is 14.9. The van der Waals surface area contributed by atoms with Crippen molar-refractivity contribution in [1.29, 1.82) is 0 Å². The van der Waals surface area contributed by atoms with Crippen molar-refractivity contribution < 1.29 is 8.78 Å². The summed E-state index contributed by atoms with van der Waals surface area (Å²) in [6, 6.07) is 7.76. The third-order valence-corrected chi connectivity index (χ3v) is 6.52. The molecule has 3 aromatic rings. The largest absolute Gasteiger partial charge is 0.326 e. The number of alkyl halides is 2. The summed E-state index contributed by atoms with van der Waals surface area (Å²) in [7, 11) is 1.80. The van der Waals surface area contributed by atoms with Crippen molar-refractivity contribution in [3.05, 3.63) is 71.2 Å². The number of halogens is 2. The molecule has 4 nitrogen and oxygen atoms in total. The van der Waals surface area contributed by atoms with Crippen molar-refractivity contribution in [3.8, 4) is 11.1 Å². The number of anilines is 2. The Hall–Kier alpha value is -3.02. The van der Waals surface area contributed by atoms with Gasteiger partial charge in [-0.3, -0.25) is 4.68 Å². The zero-order chi connectivity index (χ0) is 21.7. The summed E-state index contributed by atoms with van der Waals surface area (Å²) in [5.74, 6) is 1.12. The summed E-state index contributed by atoms with van der Waals surface area (Å²) in [4.78, 5) is 7.10. The fraction of sp³-hybridized carbons (Fsp3) is 0.360. The van der Waals surface area contributed by atoms with Crippen LogP contribution < -0.4 is 4.90 Å². The van der Waals surface area contributed by atoms with Crippen LogP contribution in [0.5, 0.6) is 0 Å². The van der Waals surface area contributed by atoms with Gasteiger partial charge in [0, 0.05) is 42.5 Å². The van der Waals surface area contributed by atoms with Crippen molar-refractivity contribution in [2.24, 2.45) is 7.05 Å². The van der Waals surface area contributed by atoms with Crippen LogP contribution in [0.2, 0.25) is 0 Å². The van der Waals surface area contributed by atoms with Crippen LogP contribution in [-0.2, 0) is 19.9 Å². The van der Waals surface area contributed by atoms with Crippen molar-refractivity contribution in [1.82, 2.24) is 14.8 Å². The first-order valence-electron chi connectivity index (χ1n) is 10.8. The molecule has 0 fully saturated rings. The lowest BCUT2D eigenvalue weighted by molar-refractivity contribution is 0.152. The van der Waals surface area contributed by atoms with Crippen LogP contribution in [0.15, 0.2) is 48.8 Å². The topological polar surface area (TPSA) is 34.0 Å². The number of rotatable bonds is 4. The van der Waals surface area contributed by atoms with Crippen LogP contribution in [0.25, 0.3) is 11.1 Å². The summed E-state index contributed by atoms with van der Waals surface area (Å²) in [6.45, 7) is 6.97. The molecule has 6 heteroatoms. The van der Waals surface area contributed by atoms with Gasteiger partial charge in [-0.2, -0.15) is 5.10 Å². The van der Waals surface area contributed by atoms with E-state index in [1.54, 1.807) is 30.2 Å². The molecule has 1 aromatic carbocycles. The molecule has 1 aliphatic heterocycles. The second kappa shape index (κ2) is 7.59. The maximum atomic E-state index is 14.1. The molecule has 2 aromatic heterocycles. The number of aromatic nitrogens is 3. The van der Waals surface area contributed by atoms with Crippen molar-refractivity contribution in [2.75, 3.05) is 11.4 Å². The fourth-order valence-electron chi connectivity index (χ4n) is 4.95. The van der Waals surface area contributed by atoms with Crippen LogP contribution in [-0.4, -0.2) is 21.3 Å². The molecule has 3 heterocycles. The van der Waals surface area contributed by atoms with Gasteiger partial charge >= 0.3 is 0 Å². The number of hydrogen-bond acceptors (Lipinski definition) is 3. The van der Waals surface area contributed by atoms with E-state index in [9.17, 15) is 8.78 Å². The van der Waals surface area contributed by atoms with Crippen molar-refractivity contribution >= 4 is 11.5 Å². The second-order valence-electron chi connectivity index (χ2n) is 8.68. The van der Waals surface area contributed by atoms with E-state index in [4.69, 9.17) is 4.98 Å². The van der Waals surface area contributed by atoms with Gasteiger partial charge in [-0.25, -0.2) is 13.8 Å². The van der Waals surface area contributed by atoms with E-state index in [1.165, 1.54) is 5.56 Å². The van der Waals surface area contributed by atoms with E-state index < -0.39 is 6.43 Å².